The Morgan fingerprint density at radius 2 is 2.00 bits per heavy atom. The number of hydrogen-bond acceptors (Lipinski definition) is 3. The molecule has 1 heterocycles. The van der Waals surface area contributed by atoms with Gasteiger partial charge in [-0.05, 0) is 24.1 Å². The van der Waals surface area contributed by atoms with Gasteiger partial charge in [0.15, 0.2) is 0 Å². The molecule has 0 fully saturated rings. The fourth-order valence-corrected chi connectivity index (χ4v) is 1.88. The van der Waals surface area contributed by atoms with Crippen molar-refractivity contribution in [3.8, 4) is 0 Å². The molecule has 0 bridgehead atoms. The molecule has 1 aromatic heterocycles. The van der Waals surface area contributed by atoms with Crippen LogP contribution in [-0.4, -0.2) is 22.0 Å². The van der Waals surface area contributed by atoms with Gasteiger partial charge in [0.25, 0.3) is 5.91 Å². The monoisotopic (exact) mass is 272 g/mol. The second-order valence-electron chi connectivity index (χ2n) is 4.42. The Morgan fingerprint density at radius 3 is 2.60 bits per heavy atom. The quantitative estimate of drug-likeness (QED) is 0.763. The molecule has 2 rings (SSSR count). The molecule has 0 aliphatic carbocycles. The molecule has 4 N–H and O–H groups in total. The summed E-state index contributed by atoms with van der Waals surface area (Å²) in [4.78, 5) is 22.9. The predicted octanol–water partition coefficient (Wildman–Crippen LogP) is 1.25. The summed E-state index contributed by atoms with van der Waals surface area (Å²) < 4.78 is 0. The predicted molar refractivity (Wildman–Crippen MR) is 75.3 cm³/mol. The highest BCUT2D eigenvalue weighted by molar-refractivity contribution is 6.03. The Morgan fingerprint density at radius 1 is 1.30 bits per heavy atom. The number of H-pyrrole nitrogens is 1. The largest absolute Gasteiger partial charge is 0.369 e. The Labute approximate surface area is 116 Å². The van der Waals surface area contributed by atoms with Crippen LogP contribution in [0.25, 0.3) is 0 Å². The van der Waals surface area contributed by atoms with E-state index >= 15 is 0 Å². The van der Waals surface area contributed by atoms with Crippen LogP contribution < -0.4 is 11.1 Å². The zero-order valence-electron chi connectivity index (χ0n) is 11.1. The van der Waals surface area contributed by atoms with Crippen molar-refractivity contribution in [1.29, 1.82) is 0 Å². The zero-order chi connectivity index (χ0) is 14.5. The number of anilines is 1. The first kappa shape index (κ1) is 13.8. The molecule has 0 unspecified atom stereocenters. The highest BCUT2D eigenvalue weighted by Crippen LogP contribution is 2.13. The van der Waals surface area contributed by atoms with E-state index in [2.05, 4.69) is 15.5 Å². The van der Waals surface area contributed by atoms with Crippen molar-refractivity contribution >= 4 is 17.5 Å². The third-order valence-corrected chi connectivity index (χ3v) is 2.92. The number of carbonyl (C=O) groups is 2. The van der Waals surface area contributed by atoms with Gasteiger partial charge in [-0.25, -0.2) is 0 Å². The van der Waals surface area contributed by atoms with Crippen molar-refractivity contribution in [3.05, 3.63) is 47.3 Å². The number of aromatic amines is 1. The van der Waals surface area contributed by atoms with Gasteiger partial charge in [0.1, 0.15) is 5.69 Å². The van der Waals surface area contributed by atoms with Gasteiger partial charge in [0.2, 0.25) is 5.91 Å². The van der Waals surface area contributed by atoms with Crippen LogP contribution in [0.15, 0.2) is 30.5 Å². The molecule has 2 amide bonds. The first-order valence-corrected chi connectivity index (χ1v) is 6.31. The van der Waals surface area contributed by atoms with Gasteiger partial charge in [0.05, 0.1) is 12.6 Å². The second-order valence-corrected chi connectivity index (χ2v) is 4.42. The summed E-state index contributed by atoms with van der Waals surface area (Å²) in [6, 6.07) is 6.98. The maximum atomic E-state index is 12.1. The van der Waals surface area contributed by atoms with E-state index in [1.807, 2.05) is 6.92 Å². The Bertz CT molecular complexity index is 616. The van der Waals surface area contributed by atoms with E-state index in [1.165, 1.54) is 0 Å². The van der Waals surface area contributed by atoms with Crippen LogP contribution in [0.4, 0.5) is 5.69 Å². The van der Waals surface area contributed by atoms with Gasteiger partial charge in [-0.3, -0.25) is 14.7 Å². The van der Waals surface area contributed by atoms with E-state index in [0.717, 1.165) is 17.5 Å². The molecule has 0 aliphatic rings. The van der Waals surface area contributed by atoms with Crippen LogP contribution in [0.1, 0.15) is 28.5 Å². The highest BCUT2D eigenvalue weighted by Gasteiger charge is 2.12. The van der Waals surface area contributed by atoms with Crippen molar-refractivity contribution < 1.29 is 9.59 Å². The fraction of sp³-hybridized carbons (Fsp3) is 0.214. The highest BCUT2D eigenvalue weighted by atomic mass is 16.2. The maximum absolute atomic E-state index is 12.1. The van der Waals surface area contributed by atoms with Gasteiger partial charge in [-0.1, -0.05) is 19.1 Å². The van der Waals surface area contributed by atoms with Gasteiger partial charge in [-0.2, -0.15) is 5.10 Å². The number of benzene rings is 1. The topological polar surface area (TPSA) is 101 Å². The lowest BCUT2D eigenvalue weighted by Gasteiger charge is -2.06. The van der Waals surface area contributed by atoms with E-state index < -0.39 is 0 Å². The molecule has 0 radical (unpaired) electrons. The minimum Gasteiger partial charge on any atom is -0.369 e. The molecular weight excluding hydrogens is 256 g/mol. The van der Waals surface area contributed by atoms with Crippen LogP contribution in [0, 0.1) is 0 Å². The molecule has 0 saturated heterocycles. The number of nitrogens with zero attached hydrogens (tertiary/aromatic N) is 1. The lowest BCUT2D eigenvalue weighted by molar-refractivity contribution is -0.117. The summed E-state index contributed by atoms with van der Waals surface area (Å²) in [5, 5.41) is 9.33. The number of carbonyl (C=O) groups excluding carboxylic acids is 2. The van der Waals surface area contributed by atoms with Crippen LogP contribution >= 0.6 is 0 Å². The summed E-state index contributed by atoms with van der Waals surface area (Å²) in [7, 11) is 0. The van der Waals surface area contributed by atoms with Crippen molar-refractivity contribution in [2.75, 3.05) is 5.32 Å². The Hall–Kier alpha value is -2.63. The molecule has 104 valence electrons. The first-order chi connectivity index (χ1) is 9.60. The maximum Gasteiger partial charge on any atom is 0.273 e. The second kappa shape index (κ2) is 6.01. The standard InChI is InChI=1S/C14H16N4O2/c1-2-10-8-16-18-13(10)14(20)17-11-5-3-9(4-6-11)7-12(15)19/h3-6,8H,2,7H2,1H3,(H2,15,19)(H,16,18)(H,17,20). The van der Waals surface area contributed by atoms with E-state index in [4.69, 9.17) is 5.73 Å². The molecule has 1 aromatic carbocycles. The minimum atomic E-state index is -0.383. The summed E-state index contributed by atoms with van der Waals surface area (Å²) in [6.45, 7) is 1.96. The summed E-state index contributed by atoms with van der Waals surface area (Å²) >= 11 is 0. The van der Waals surface area contributed by atoms with E-state index in [0.29, 0.717) is 11.4 Å². The smallest absolute Gasteiger partial charge is 0.273 e. The van der Waals surface area contributed by atoms with Crippen LogP contribution in [0.3, 0.4) is 0 Å². The third-order valence-electron chi connectivity index (χ3n) is 2.92. The van der Waals surface area contributed by atoms with Crippen LogP contribution in [-0.2, 0) is 17.6 Å². The number of nitrogens with two attached hydrogens (primary N) is 1. The molecule has 2 aromatic rings. The number of aromatic nitrogens is 2. The molecular formula is C14H16N4O2. The van der Waals surface area contributed by atoms with Crippen molar-refractivity contribution in [1.82, 2.24) is 10.2 Å². The van der Waals surface area contributed by atoms with E-state index in [-0.39, 0.29) is 18.2 Å². The molecule has 6 nitrogen and oxygen atoms in total. The van der Waals surface area contributed by atoms with Crippen molar-refractivity contribution in [2.24, 2.45) is 5.73 Å². The lowest BCUT2D eigenvalue weighted by Crippen LogP contribution is -2.15. The molecule has 20 heavy (non-hydrogen) atoms. The molecule has 0 spiro atoms. The zero-order valence-corrected chi connectivity index (χ0v) is 11.1. The van der Waals surface area contributed by atoms with Crippen molar-refractivity contribution in [2.45, 2.75) is 19.8 Å². The number of aryl methyl sites for hydroxylation is 1. The van der Waals surface area contributed by atoms with E-state index in [1.54, 1.807) is 30.5 Å². The fourth-order valence-electron chi connectivity index (χ4n) is 1.88. The summed E-state index contributed by atoms with van der Waals surface area (Å²) in [5.41, 5.74) is 7.92. The Balaban J connectivity index is 2.06. The van der Waals surface area contributed by atoms with Crippen LogP contribution in [0.5, 0.6) is 0 Å². The van der Waals surface area contributed by atoms with E-state index in [9.17, 15) is 9.59 Å². The molecule has 6 heteroatoms. The average Bonchev–Trinajstić information content (AvgIpc) is 2.89. The minimum absolute atomic E-state index is 0.189. The Kier molecular flexibility index (Phi) is 4.14. The van der Waals surface area contributed by atoms with Gasteiger partial charge >= 0.3 is 0 Å². The number of amides is 2. The number of hydrogen-bond donors (Lipinski definition) is 3. The molecule has 0 atom stereocenters. The molecule has 0 saturated carbocycles. The number of rotatable bonds is 5. The van der Waals surface area contributed by atoms with Gasteiger partial charge in [-0.15, -0.1) is 0 Å². The number of primary amides is 1. The third kappa shape index (κ3) is 3.23. The summed E-state index contributed by atoms with van der Waals surface area (Å²) in [6.07, 6.45) is 2.57. The summed E-state index contributed by atoms with van der Waals surface area (Å²) in [5.74, 6) is -0.617. The first-order valence-electron chi connectivity index (χ1n) is 6.31. The van der Waals surface area contributed by atoms with Crippen LogP contribution in [0.2, 0.25) is 0 Å². The molecule has 0 aliphatic heterocycles. The van der Waals surface area contributed by atoms with Gasteiger partial charge in [0, 0.05) is 11.3 Å². The SMILES string of the molecule is CCc1cn[nH]c1C(=O)Nc1ccc(CC(N)=O)cc1. The lowest BCUT2D eigenvalue weighted by atomic mass is 10.1. The number of nitrogens with one attached hydrogen (secondary N) is 2. The van der Waals surface area contributed by atoms with Gasteiger partial charge < -0.3 is 11.1 Å². The normalized spacial score (nSPS) is 10.2. The van der Waals surface area contributed by atoms with Crippen molar-refractivity contribution in [3.63, 3.8) is 0 Å². The average molecular weight is 272 g/mol.